The fourth-order valence-electron chi connectivity index (χ4n) is 1.10. The second-order valence-corrected chi connectivity index (χ2v) is 3.34. The van der Waals surface area contributed by atoms with Crippen LogP contribution in [0.3, 0.4) is 0 Å². The number of benzene rings is 1. The summed E-state index contributed by atoms with van der Waals surface area (Å²) in [5.41, 5.74) is 6.35. The van der Waals surface area contributed by atoms with Crippen molar-refractivity contribution >= 4 is 0 Å². The smallest absolute Gasteiger partial charge is 0.119 e. The van der Waals surface area contributed by atoms with Crippen molar-refractivity contribution in [1.29, 1.82) is 5.26 Å². The minimum absolute atomic E-state index is 0.158. The maximum absolute atomic E-state index is 8.60. The average Bonchev–Trinajstić information content (AvgIpc) is 2.17. The Morgan fingerprint density at radius 3 is 2.29 bits per heavy atom. The molecular weight excluding hydrogens is 176 g/mol. The van der Waals surface area contributed by atoms with Crippen molar-refractivity contribution in [2.75, 3.05) is 0 Å². The predicted octanol–water partition coefficient (Wildman–Crippen LogP) is 2.00. The largest absolute Gasteiger partial charge is 0.491 e. The molecule has 0 saturated carbocycles. The highest BCUT2D eigenvalue weighted by Crippen LogP contribution is 2.16. The quantitative estimate of drug-likeness (QED) is 0.793. The van der Waals surface area contributed by atoms with E-state index in [1.807, 2.05) is 44.2 Å². The van der Waals surface area contributed by atoms with Crippen molar-refractivity contribution in [3.05, 3.63) is 29.8 Å². The van der Waals surface area contributed by atoms with E-state index in [4.69, 9.17) is 15.7 Å². The average molecular weight is 190 g/mol. The fraction of sp³-hybridized carbons (Fsp3) is 0.364. The molecule has 1 aromatic rings. The van der Waals surface area contributed by atoms with Gasteiger partial charge in [0.05, 0.1) is 12.2 Å². The SMILES string of the molecule is CC(C)Oc1ccc(C(N)C#N)cc1. The summed E-state index contributed by atoms with van der Waals surface area (Å²) in [7, 11) is 0. The molecule has 1 atom stereocenters. The van der Waals surface area contributed by atoms with Crippen molar-refractivity contribution in [3.8, 4) is 11.8 Å². The second-order valence-electron chi connectivity index (χ2n) is 3.34. The molecule has 0 aromatic heterocycles. The number of ether oxygens (including phenoxy) is 1. The zero-order valence-electron chi connectivity index (χ0n) is 8.40. The zero-order valence-corrected chi connectivity index (χ0v) is 8.40. The third-order valence-corrected chi connectivity index (χ3v) is 1.75. The van der Waals surface area contributed by atoms with E-state index in [1.165, 1.54) is 0 Å². The third kappa shape index (κ3) is 2.75. The van der Waals surface area contributed by atoms with Gasteiger partial charge in [-0.1, -0.05) is 12.1 Å². The Balaban J connectivity index is 2.74. The van der Waals surface area contributed by atoms with Crippen LogP contribution in [0.25, 0.3) is 0 Å². The number of hydrogen-bond acceptors (Lipinski definition) is 3. The minimum Gasteiger partial charge on any atom is -0.491 e. The molecule has 1 aromatic carbocycles. The van der Waals surface area contributed by atoms with Gasteiger partial charge in [0.1, 0.15) is 11.8 Å². The molecule has 1 rings (SSSR count). The highest BCUT2D eigenvalue weighted by molar-refractivity contribution is 5.31. The van der Waals surface area contributed by atoms with Gasteiger partial charge in [0.2, 0.25) is 0 Å². The molecule has 0 radical (unpaired) electrons. The topological polar surface area (TPSA) is 59.0 Å². The van der Waals surface area contributed by atoms with Gasteiger partial charge in [-0.05, 0) is 31.5 Å². The zero-order chi connectivity index (χ0) is 10.6. The number of rotatable bonds is 3. The van der Waals surface area contributed by atoms with Gasteiger partial charge < -0.3 is 10.5 Å². The normalized spacial score (nSPS) is 12.2. The molecule has 3 nitrogen and oxygen atoms in total. The van der Waals surface area contributed by atoms with Crippen molar-refractivity contribution in [2.45, 2.75) is 26.0 Å². The Morgan fingerprint density at radius 1 is 1.29 bits per heavy atom. The van der Waals surface area contributed by atoms with Gasteiger partial charge in [0.15, 0.2) is 0 Å². The molecule has 0 aliphatic heterocycles. The first-order valence-corrected chi connectivity index (χ1v) is 4.55. The van der Waals surface area contributed by atoms with E-state index in [1.54, 1.807) is 0 Å². The van der Waals surface area contributed by atoms with Crippen LogP contribution in [0.2, 0.25) is 0 Å². The molecule has 0 bridgehead atoms. The highest BCUT2D eigenvalue weighted by Gasteiger charge is 2.04. The molecule has 1 unspecified atom stereocenters. The summed E-state index contributed by atoms with van der Waals surface area (Å²) in [6, 6.07) is 8.70. The molecule has 0 amide bonds. The standard InChI is InChI=1S/C11H14N2O/c1-8(2)14-10-5-3-9(4-6-10)11(13)7-12/h3-6,8,11H,13H2,1-2H3. The molecule has 0 heterocycles. The van der Waals surface area contributed by atoms with Gasteiger partial charge in [-0.2, -0.15) is 5.26 Å². The van der Waals surface area contributed by atoms with E-state index in [2.05, 4.69) is 0 Å². The van der Waals surface area contributed by atoms with Crippen LogP contribution < -0.4 is 10.5 Å². The van der Waals surface area contributed by atoms with E-state index < -0.39 is 6.04 Å². The number of nitrogens with zero attached hydrogens (tertiary/aromatic N) is 1. The number of nitriles is 1. The summed E-state index contributed by atoms with van der Waals surface area (Å²) < 4.78 is 5.46. The highest BCUT2D eigenvalue weighted by atomic mass is 16.5. The molecular formula is C11H14N2O. The summed E-state index contributed by atoms with van der Waals surface area (Å²) in [5.74, 6) is 0.800. The van der Waals surface area contributed by atoms with Crippen molar-refractivity contribution in [3.63, 3.8) is 0 Å². The molecule has 0 aliphatic carbocycles. The molecule has 0 aliphatic rings. The maximum atomic E-state index is 8.60. The van der Waals surface area contributed by atoms with E-state index in [9.17, 15) is 0 Å². The molecule has 0 saturated heterocycles. The summed E-state index contributed by atoms with van der Waals surface area (Å²) in [6.45, 7) is 3.93. The van der Waals surface area contributed by atoms with Crippen LogP contribution in [-0.4, -0.2) is 6.10 Å². The van der Waals surface area contributed by atoms with Crippen LogP contribution in [0.1, 0.15) is 25.5 Å². The van der Waals surface area contributed by atoms with Gasteiger partial charge in [-0.25, -0.2) is 0 Å². The first kappa shape index (κ1) is 10.6. The Kier molecular flexibility index (Phi) is 3.49. The van der Waals surface area contributed by atoms with E-state index >= 15 is 0 Å². The first-order chi connectivity index (χ1) is 6.63. The van der Waals surface area contributed by atoms with E-state index in [0.29, 0.717) is 0 Å². The second kappa shape index (κ2) is 4.64. The lowest BCUT2D eigenvalue weighted by Gasteiger charge is -2.10. The summed E-state index contributed by atoms with van der Waals surface area (Å²) in [4.78, 5) is 0. The molecule has 74 valence electrons. The molecule has 2 N–H and O–H groups in total. The summed E-state index contributed by atoms with van der Waals surface area (Å²) in [6.07, 6.45) is 0.158. The molecule has 0 fully saturated rings. The van der Waals surface area contributed by atoms with Crippen molar-refractivity contribution in [2.24, 2.45) is 5.73 Å². The molecule has 3 heteroatoms. The minimum atomic E-state index is -0.553. The molecule has 14 heavy (non-hydrogen) atoms. The van der Waals surface area contributed by atoms with Gasteiger partial charge in [0, 0.05) is 0 Å². The lowest BCUT2D eigenvalue weighted by molar-refractivity contribution is 0.242. The van der Waals surface area contributed by atoms with Crippen molar-refractivity contribution < 1.29 is 4.74 Å². The lowest BCUT2D eigenvalue weighted by atomic mass is 10.1. The van der Waals surface area contributed by atoms with Crippen LogP contribution >= 0.6 is 0 Å². The number of hydrogen-bond donors (Lipinski definition) is 1. The van der Waals surface area contributed by atoms with Crippen LogP contribution in [0.5, 0.6) is 5.75 Å². The monoisotopic (exact) mass is 190 g/mol. The summed E-state index contributed by atoms with van der Waals surface area (Å²) in [5, 5.41) is 8.60. The first-order valence-electron chi connectivity index (χ1n) is 4.55. The number of nitrogens with two attached hydrogens (primary N) is 1. The Bertz CT molecular complexity index is 324. The summed E-state index contributed by atoms with van der Waals surface area (Å²) >= 11 is 0. The van der Waals surface area contributed by atoms with Gasteiger partial charge >= 0.3 is 0 Å². The molecule has 0 spiro atoms. The van der Waals surface area contributed by atoms with Gasteiger partial charge in [-0.15, -0.1) is 0 Å². The Labute approximate surface area is 84.1 Å². The van der Waals surface area contributed by atoms with Gasteiger partial charge in [0.25, 0.3) is 0 Å². The van der Waals surface area contributed by atoms with Crippen LogP contribution in [0.15, 0.2) is 24.3 Å². The van der Waals surface area contributed by atoms with Crippen LogP contribution in [0, 0.1) is 11.3 Å². The Hall–Kier alpha value is -1.53. The van der Waals surface area contributed by atoms with Crippen LogP contribution in [-0.2, 0) is 0 Å². The third-order valence-electron chi connectivity index (χ3n) is 1.75. The maximum Gasteiger partial charge on any atom is 0.119 e. The van der Waals surface area contributed by atoms with E-state index in [0.717, 1.165) is 11.3 Å². The van der Waals surface area contributed by atoms with Gasteiger partial charge in [-0.3, -0.25) is 0 Å². The van der Waals surface area contributed by atoms with E-state index in [-0.39, 0.29) is 6.10 Å². The lowest BCUT2D eigenvalue weighted by Crippen LogP contribution is -2.08. The Morgan fingerprint density at radius 2 is 1.86 bits per heavy atom. The predicted molar refractivity (Wildman–Crippen MR) is 54.7 cm³/mol. The fourth-order valence-corrected chi connectivity index (χ4v) is 1.10. The van der Waals surface area contributed by atoms with Crippen molar-refractivity contribution in [1.82, 2.24) is 0 Å². The van der Waals surface area contributed by atoms with Crippen LogP contribution in [0.4, 0.5) is 0 Å².